The molecule has 0 bridgehead atoms. The molecule has 0 spiro atoms. The highest BCUT2D eigenvalue weighted by atomic mass is 32.2. The van der Waals surface area contributed by atoms with E-state index in [-0.39, 0.29) is 12.4 Å². The topological polar surface area (TPSA) is 60.4 Å². The first-order valence-electron chi connectivity index (χ1n) is 5.26. The van der Waals surface area contributed by atoms with Gasteiger partial charge in [0.05, 0.1) is 5.75 Å². The second kappa shape index (κ2) is 6.96. The van der Waals surface area contributed by atoms with Gasteiger partial charge in [-0.3, -0.25) is 9.00 Å². The molecule has 17 heavy (non-hydrogen) atoms. The minimum absolute atomic E-state index is 0.0118. The lowest BCUT2D eigenvalue weighted by molar-refractivity contribution is -0.137. The Balaban J connectivity index is 2.43. The molecule has 0 radical (unpaired) electrons. The number of carbonyl (C=O) groups is 2. The monoisotopic (exact) mass is 254 g/mol. The molecule has 1 unspecified atom stereocenters. The van der Waals surface area contributed by atoms with Crippen LogP contribution >= 0.6 is 0 Å². The predicted octanol–water partition coefficient (Wildman–Crippen LogP) is 1.18. The molecule has 0 N–H and O–H groups in total. The number of esters is 1. The number of Topliss-reactive ketones (excluding diaryl/α,β-unsaturated/α-hetero) is 1. The number of carbonyl (C=O) groups excluding carboxylic acids is 2. The van der Waals surface area contributed by atoms with Gasteiger partial charge in [-0.1, -0.05) is 37.3 Å². The molecular weight excluding hydrogens is 240 g/mol. The molecule has 92 valence electrons. The molecular formula is C12H14O4S. The standard InChI is InChI=1S/C12H14O4S/c1-2-17(15)9-8-16-12(14)11(13)10-6-4-3-5-7-10/h3-7H,2,8-9H2,1H3. The van der Waals surface area contributed by atoms with Crippen LogP contribution in [-0.4, -0.2) is 34.1 Å². The van der Waals surface area contributed by atoms with E-state index in [1.165, 1.54) is 0 Å². The van der Waals surface area contributed by atoms with Crippen LogP contribution in [0.25, 0.3) is 0 Å². The maximum Gasteiger partial charge on any atom is 0.379 e. The van der Waals surface area contributed by atoms with Crippen molar-refractivity contribution in [1.29, 1.82) is 0 Å². The fourth-order valence-corrected chi connectivity index (χ4v) is 1.70. The Morgan fingerprint density at radius 1 is 1.24 bits per heavy atom. The summed E-state index contributed by atoms with van der Waals surface area (Å²) in [7, 11) is -0.990. The number of benzene rings is 1. The lowest BCUT2D eigenvalue weighted by Crippen LogP contribution is -2.20. The quantitative estimate of drug-likeness (QED) is 0.434. The Morgan fingerprint density at radius 3 is 2.47 bits per heavy atom. The third-order valence-corrected chi connectivity index (χ3v) is 3.35. The highest BCUT2D eigenvalue weighted by molar-refractivity contribution is 7.84. The molecule has 4 nitrogen and oxygen atoms in total. The smallest absolute Gasteiger partial charge is 0.379 e. The Hall–Kier alpha value is -1.49. The Bertz CT molecular complexity index is 414. The van der Waals surface area contributed by atoms with E-state index >= 15 is 0 Å². The molecule has 1 aromatic carbocycles. The van der Waals surface area contributed by atoms with Crippen LogP contribution in [0.3, 0.4) is 0 Å². The second-order valence-electron chi connectivity index (χ2n) is 3.26. The van der Waals surface area contributed by atoms with E-state index in [1.807, 2.05) is 0 Å². The van der Waals surface area contributed by atoms with E-state index < -0.39 is 22.6 Å². The lowest BCUT2D eigenvalue weighted by Gasteiger charge is -2.03. The zero-order chi connectivity index (χ0) is 12.7. The van der Waals surface area contributed by atoms with Crippen molar-refractivity contribution in [3.63, 3.8) is 0 Å². The highest BCUT2D eigenvalue weighted by Gasteiger charge is 2.17. The van der Waals surface area contributed by atoms with Gasteiger partial charge in [0.2, 0.25) is 0 Å². The van der Waals surface area contributed by atoms with Gasteiger partial charge in [-0.25, -0.2) is 4.79 Å². The summed E-state index contributed by atoms with van der Waals surface area (Å²) in [5, 5.41) is 0. The normalized spacial score (nSPS) is 11.8. The van der Waals surface area contributed by atoms with Gasteiger partial charge in [-0.15, -0.1) is 0 Å². The Morgan fingerprint density at radius 2 is 1.88 bits per heavy atom. The summed E-state index contributed by atoms with van der Waals surface area (Å²) in [6.45, 7) is 1.80. The fourth-order valence-electron chi connectivity index (χ4n) is 1.14. The summed E-state index contributed by atoms with van der Waals surface area (Å²) in [5.74, 6) is -0.786. The summed E-state index contributed by atoms with van der Waals surface area (Å²) < 4.78 is 15.8. The predicted molar refractivity (Wildman–Crippen MR) is 65.3 cm³/mol. The zero-order valence-corrected chi connectivity index (χ0v) is 10.4. The van der Waals surface area contributed by atoms with Gasteiger partial charge in [-0.05, 0) is 0 Å². The van der Waals surface area contributed by atoms with Gasteiger partial charge in [0.25, 0.3) is 5.78 Å². The molecule has 0 saturated carbocycles. The van der Waals surface area contributed by atoms with Crippen molar-refractivity contribution in [3.05, 3.63) is 35.9 Å². The maximum atomic E-state index is 11.5. The fraction of sp³-hybridized carbons (Fsp3) is 0.333. The SMILES string of the molecule is CCS(=O)CCOC(=O)C(=O)c1ccccc1. The molecule has 1 rings (SSSR count). The number of hydrogen-bond acceptors (Lipinski definition) is 4. The summed E-state index contributed by atoms with van der Waals surface area (Å²) in [4.78, 5) is 22.9. The molecule has 5 heteroatoms. The van der Waals surface area contributed by atoms with Crippen LogP contribution in [0.1, 0.15) is 17.3 Å². The summed E-state index contributed by atoms with van der Waals surface area (Å²) in [5.41, 5.74) is 0.300. The third kappa shape index (κ3) is 4.48. The Labute approximate surface area is 102 Å². The average molecular weight is 254 g/mol. The molecule has 0 fully saturated rings. The van der Waals surface area contributed by atoms with E-state index in [0.717, 1.165) is 0 Å². The van der Waals surface area contributed by atoms with Crippen LogP contribution in [0.2, 0.25) is 0 Å². The van der Waals surface area contributed by atoms with E-state index in [9.17, 15) is 13.8 Å². The lowest BCUT2D eigenvalue weighted by atomic mass is 10.1. The van der Waals surface area contributed by atoms with Crippen molar-refractivity contribution >= 4 is 22.6 Å². The van der Waals surface area contributed by atoms with Crippen molar-refractivity contribution < 1.29 is 18.5 Å². The first kappa shape index (κ1) is 13.6. The molecule has 0 aliphatic carbocycles. The van der Waals surface area contributed by atoms with Crippen LogP contribution in [-0.2, 0) is 20.3 Å². The second-order valence-corrected chi connectivity index (χ2v) is 5.13. The van der Waals surface area contributed by atoms with Crippen molar-refractivity contribution in [2.45, 2.75) is 6.92 Å². The zero-order valence-electron chi connectivity index (χ0n) is 9.55. The van der Waals surface area contributed by atoms with E-state index in [2.05, 4.69) is 0 Å². The number of ether oxygens (including phenoxy) is 1. The number of rotatable bonds is 6. The van der Waals surface area contributed by atoms with Crippen molar-refractivity contribution in [2.24, 2.45) is 0 Å². The molecule has 0 aliphatic heterocycles. The van der Waals surface area contributed by atoms with Crippen LogP contribution in [0.15, 0.2) is 30.3 Å². The molecule has 0 amide bonds. The summed E-state index contributed by atoms with van der Waals surface area (Å²) in [6, 6.07) is 8.20. The average Bonchev–Trinajstić information content (AvgIpc) is 2.38. The minimum atomic E-state index is -0.990. The third-order valence-electron chi connectivity index (χ3n) is 2.09. The highest BCUT2D eigenvalue weighted by Crippen LogP contribution is 2.01. The van der Waals surface area contributed by atoms with Crippen molar-refractivity contribution in [1.82, 2.24) is 0 Å². The molecule has 1 aromatic rings. The molecule has 0 aromatic heterocycles. The molecule has 0 heterocycles. The van der Waals surface area contributed by atoms with Gasteiger partial charge in [-0.2, -0.15) is 0 Å². The summed E-state index contributed by atoms with van der Waals surface area (Å²) >= 11 is 0. The van der Waals surface area contributed by atoms with E-state index in [4.69, 9.17) is 4.74 Å². The van der Waals surface area contributed by atoms with E-state index in [0.29, 0.717) is 11.3 Å². The number of hydrogen-bond donors (Lipinski definition) is 0. The Kier molecular flexibility index (Phi) is 5.56. The van der Waals surface area contributed by atoms with Crippen LogP contribution in [0, 0.1) is 0 Å². The van der Waals surface area contributed by atoms with Crippen molar-refractivity contribution in [3.8, 4) is 0 Å². The summed E-state index contributed by atoms with van der Waals surface area (Å²) in [6.07, 6.45) is 0. The van der Waals surface area contributed by atoms with Crippen LogP contribution in [0.5, 0.6) is 0 Å². The first-order chi connectivity index (χ1) is 8.15. The number of ketones is 1. The van der Waals surface area contributed by atoms with Crippen molar-refractivity contribution in [2.75, 3.05) is 18.1 Å². The largest absolute Gasteiger partial charge is 0.459 e. The van der Waals surface area contributed by atoms with Crippen LogP contribution < -0.4 is 0 Å². The van der Waals surface area contributed by atoms with E-state index in [1.54, 1.807) is 37.3 Å². The molecule has 1 atom stereocenters. The van der Waals surface area contributed by atoms with Gasteiger partial charge >= 0.3 is 5.97 Å². The minimum Gasteiger partial charge on any atom is -0.459 e. The van der Waals surface area contributed by atoms with Crippen LogP contribution in [0.4, 0.5) is 0 Å². The van der Waals surface area contributed by atoms with Gasteiger partial charge in [0, 0.05) is 22.1 Å². The van der Waals surface area contributed by atoms with Gasteiger partial charge < -0.3 is 4.74 Å². The van der Waals surface area contributed by atoms with Gasteiger partial charge in [0.1, 0.15) is 6.61 Å². The maximum absolute atomic E-state index is 11.5. The molecule has 0 aliphatic rings. The first-order valence-corrected chi connectivity index (χ1v) is 6.75. The molecule has 0 saturated heterocycles. The van der Waals surface area contributed by atoms with Gasteiger partial charge in [0.15, 0.2) is 0 Å².